The first kappa shape index (κ1) is 14.0. The number of hydrogen-bond donors (Lipinski definition) is 2. The van der Waals surface area contributed by atoms with Crippen molar-refractivity contribution in [3.05, 3.63) is 34.7 Å². The minimum Gasteiger partial charge on any atom is -0.383 e. The maximum absolute atomic E-state index is 12.1. The highest BCUT2D eigenvalue weighted by Crippen LogP contribution is 2.20. The molecule has 0 radical (unpaired) electrons. The third-order valence-electron chi connectivity index (χ3n) is 2.50. The third-order valence-corrected chi connectivity index (χ3v) is 4.37. The number of nitrogens with zero attached hydrogens (tertiary/aromatic N) is 3. The Hall–Kier alpha value is -1.45. The molecule has 0 aliphatic carbocycles. The summed E-state index contributed by atoms with van der Waals surface area (Å²) in [6.07, 6.45) is 3.04. The van der Waals surface area contributed by atoms with Crippen LogP contribution >= 0.6 is 15.9 Å². The lowest BCUT2D eigenvalue weighted by atomic mass is 10.4. The van der Waals surface area contributed by atoms with Crippen molar-refractivity contribution in [2.24, 2.45) is 7.05 Å². The summed E-state index contributed by atoms with van der Waals surface area (Å²) >= 11 is 3.17. The van der Waals surface area contributed by atoms with Gasteiger partial charge in [0.1, 0.15) is 10.7 Å². The quantitative estimate of drug-likeness (QED) is 0.846. The zero-order valence-corrected chi connectivity index (χ0v) is 12.4. The molecular weight excluding hydrogens is 334 g/mol. The first-order chi connectivity index (χ1) is 8.90. The molecule has 2 aromatic heterocycles. The minimum atomic E-state index is -3.71. The number of sulfonamides is 1. The molecule has 0 aliphatic rings. The Balaban J connectivity index is 2.23. The van der Waals surface area contributed by atoms with Crippen molar-refractivity contribution in [2.45, 2.75) is 11.4 Å². The van der Waals surface area contributed by atoms with E-state index in [1.807, 2.05) is 0 Å². The van der Waals surface area contributed by atoms with Gasteiger partial charge < -0.3 is 5.73 Å². The summed E-state index contributed by atoms with van der Waals surface area (Å²) in [6.45, 7) is 0.130. The number of nitrogens with two attached hydrogens (primary N) is 1. The van der Waals surface area contributed by atoms with Crippen molar-refractivity contribution in [2.75, 3.05) is 5.73 Å². The smallest absolute Gasteiger partial charge is 0.244 e. The maximum Gasteiger partial charge on any atom is 0.244 e. The van der Waals surface area contributed by atoms with E-state index < -0.39 is 10.0 Å². The average molecular weight is 346 g/mol. The van der Waals surface area contributed by atoms with E-state index in [-0.39, 0.29) is 17.3 Å². The van der Waals surface area contributed by atoms with Gasteiger partial charge in [-0.05, 0) is 28.1 Å². The molecule has 2 aromatic rings. The summed E-state index contributed by atoms with van der Waals surface area (Å²) in [4.78, 5) is 3.75. The average Bonchev–Trinajstić information content (AvgIpc) is 2.75. The molecule has 0 aliphatic heterocycles. The van der Waals surface area contributed by atoms with E-state index in [4.69, 9.17) is 5.73 Å². The van der Waals surface area contributed by atoms with Crippen molar-refractivity contribution in [3.63, 3.8) is 0 Å². The Bertz CT molecular complexity index is 698. The Morgan fingerprint density at radius 3 is 2.89 bits per heavy atom. The molecule has 0 atom stereocenters. The molecule has 0 saturated heterocycles. The van der Waals surface area contributed by atoms with Crippen molar-refractivity contribution >= 4 is 31.8 Å². The molecule has 0 aromatic carbocycles. The highest BCUT2D eigenvalue weighted by Gasteiger charge is 2.19. The van der Waals surface area contributed by atoms with Gasteiger partial charge in [0.2, 0.25) is 10.0 Å². The number of aryl methyl sites for hydroxylation is 1. The fourth-order valence-electron chi connectivity index (χ4n) is 1.47. The molecule has 3 N–H and O–H groups in total. The molecule has 102 valence electrons. The molecule has 0 spiro atoms. The molecule has 9 heteroatoms. The highest BCUT2D eigenvalue weighted by atomic mass is 79.9. The topological polar surface area (TPSA) is 103 Å². The van der Waals surface area contributed by atoms with Crippen LogP contribution in [0.25, 0.3) is 0 Å². The summed E-state index contributed by atoms with van der Waals surface area (Å²) in [5.74, 6) is -0.0410. The molecule has 2 heterocycles. The molecular formula is C10H12BrN5O2S. The molecule has 0 fully saturated rings. The molecule has 0 saturated carbocycles. The fourth-order valence-corrected chi connectivity index (χ4v) is 3.05. The van der Waals surface area contributed by atoms with Crippen LogP contribution in [0.3, 0.4) is 0 Å². The van der Waals surface area contributed by atoms with E-state index >= 15 is 0 Å². The van der Waals surface area contributed by atoms with Crippen LogP contribution in [0.15, 0.2) is 33.9 Å². The van der Waals surface area contributed by atoms with E-state index in [0.29, 0.717) is 4.47 Å². The highest BCUT2D eigenvalue weighted by molar-refractivity contribution is 9.10. The zero-order chi connectivity index (χ0) is 14.0. The van der Waals surface area contributed by atoms with Crippen LogP contribution in [0.1, 0.15) is 5.69 Å². The monoisotopic (exact) mass is 345 g/mol. The van der Waals surface area contributed by atoms with Crippen LogP contribution in [0.2, 0.25) is 0 Å². The molecule has 0 amide bonds. The van der Waals surface area contributed by atoms with Gasteiger partial charge >= 0.3 is 0 Å². The maximum atomic E-state index is 12.1. The van der Waals surface area contributed by atoms with Crippen LogP contribution < -0.4 is 10.5 Å². The number of hydrogen-bond acceptors (Lipinski definition) is 5. The normalized spacial score (nSPS) is 11.7. The largest absolute Gasteiger partial charge is 0.383 e. The Morgan fingerprint density at radius 2 is 2.26 bits per heavy atom. The second kappa shape index (κ2) is 5.27. The van der Waals surface area contributed by atoms with Gasteiger partial charge in [0.05, 0.1) is 12.2 Å². The number of nitrogen functional groups attached to an aromatic ring is 1. The lowest BCUT2D eigenvalue weighted by Crippen LogP contribution is -2.25. The van der Waals surface area contributed by atoms with Gasteiger partial charge in [0.25, 0.3) is 0 Å². The molecule has 0 unspecified atom stereocenters. The Kier molecular flexibility index (Phi) is 3.88. The first-order valence-electron chi connectivity index (χ1n) is 5.28. The van der Waals surface area contributed by atoms with E-state index in [1.165, 1.54) is 12.3 Å². The summed E-state index contributed by atoms with van der Waals surface area (Å²) < 4.78 is 28.8. The van der Waals surface area contributed by atoms with Crippen LogP contribution in [0.4, 0.5) is 5.82 Å². The lowest BCUT2D eigenvalue weighted by molar-refractivity contribution is 0.577. The van der Waals surface area contributed by atoms with Gasteiger partial charge in [-0.1, -0.05) is 0 Å². The SMILES string of the molecule is Cn1nccc1CNS(=O)(=O)c1cc(Br)cnc1N. The number of anilines is 1. The van der Waals surface area contributed by atoms with E-state index in [2.05, 4.69) is 30.7 Å². The second-order valence-corrected chi connectivity index (χ2v) is 6.46. The minimum absolute atomic E-state index is 0.0410. The Morgan fingerprint density at radius 1 is 1.53 bits per heavy atom. The predicted molar refractivity (Wildman–Crippen MR) is 73.6 cm³/mol. The fraction of sp³-hybridized carbons (Fsp3) is 0.200. The predicted octanol–water partition coefficient (Wildman–Crippen LogP) is 0.638. The molecule has 2 rings (SSSR count). The van der Waals surface area contributed by atoms with Crippen LogP contribution in [-0.4, -0.2) is 23.2 Å². The molecule has 19 heavy (non-hydrogen) atoms. The van der Waals surface area contributed by atoms with Crippen molar-refractivity contribution < 1.29 is 8.42 Å². The Labute approximate surface area is 119 Å². The van der Waals surface area contributed by atoms with E-state index in [1.54, 1.807) is 24.0 Å². The van der Waals surface area contributed by atoms with Gasteiger partial charge in [-0.15, -0.1) is 0 Å². The summed E-state index contributed by atoms with van der Waals surface area (Å²) in [7, 11) is -1.98. The van der Waals surface area contributed by atoms with Gasteiger partial charge in [-0.2, -0.15) is 5.10 Å². The van der Waals surface area contributed by atoms with Gasteiger partial charge in [0, 0.05) is 23.9 Å². The summed E-state index contributed by atoms with van der Waals surface area (Å²) in [6, 6.07) is 3.14. The van der Waals surface area contributed by atoms with Gasteiger partial charge in [-0.3, -0.25) is 4.68 Å². The first-order valence-corrected chi connectivity index (χ1v) is 7.55. The number of aromatic nitrogens is 3. The number of nitrogens with one attached hydrogen (secondary N) is 1. The van der Waals surface area contributed by atoms with Crippen LogP contribution in [0.5, 0.6) is 0 Å². The van der Waals surface area contributed by atoms with Gasteiger partial charge in [-0.25, -0.2) is 18.1 Å². The zero-order valence-electron chi connectivity index (χ0n) is 10.0. The third kappa shape index (κ3) is 3.11. The number of halogens is 1. The standard InChI is InChI=1S/C10H12BrN5O2S/c1-16-8(2-3-14-16)6-15-19(17,18)9-4-7(11)5-13-10(9)12/h2-5,15H,6H2,1H3,(H2,12,13). The second-order valence-electron chi connectivity index (χ2n) is 3.81. The van der Waals surface area contributed by atoms with E-state index in [9.17, 15) is 8.42 Å². The summed E-state index contributed by atoms with van der Waals surface area (Å²) in [5, 5.41) is 3.96. The van der Waals surface area contributed by atoms with E-state index in [0.717, 1.165) is 5.69 Å². The van der Waals surface area contributed by atoms with Crippen molar-refractivity contribution in [1.29, 1.82) is 0 Å². The van der Waals surface area contributed by atoms with Crippen molar-refractivity contribution in [1.82, 2.24) is 19.5 Å². The number of pyridine rings is 1. The van der Waals surface area contributed by atoms with Crippen LogP contribution in [-0.2, 0) is 23.6 Å². The van der Waals surface area contributed by atoms with Crippen molar-refractivity contribution in [3.8, 4) is 0 Å². The molecule has 7 nitrogen and oxygen atoms in total. The molecule has 0 bridgehead atoms. The van der Waals surface area contributed by atoms with Crippen LogP contribution in [0, 0.1) is 0 Å². The lowest BCUT2D eigenvalue weighted by Gasteiger charge is -2.09. The van der Waals surface area contributed by atoms with Gasteiger partial charge in [0.15, 0.2) is 0 Å². The summed E-state index contributed by atoms with van der Waals surface area (Å²) in [5.41, 5.74) is 6.33. The number of rotatable bonds is 4.